The van der Waals surface area contributed by atoms with Crippen LogP contribution in [0.4, 0.5) is 0 Å². The lowest BCUT2D eigenvalue weighted by Gasteiger charge is -1.87. The van der Waals surface area contributed by atoms with Crippen LogP contribution in [0.25, 0.3) is 0 Å². The van der Waals surface area contributed by atoms with E-state index in [0.717, 1.165) is 0 Å². The highest BCUT2D eigenvalue weighted by Crippen LogP contribution is 2.30. The predicted octanol–water partition coefficient (Wildman–Crippen LogP) is 0.329. The Bertz CT molecular complexity index is 179. The lowest BCUT2D eigenvalue weighted by atomic mass is 10.2. The molecular weight excluding hydrogens is 128 g/mol. The molecule has 1 rings (SSSR count). The Labute approximate surface area is 48.8 Å². The molecule has 1 aliphatic heterocycles. The molecular formula is C4H8O3S. The van der Waals surface area contributed by atoms with E-state index in [4.69, 9.17) is 0 Å². The summed E-state index contributed by atoms with van der Waals surface area (Å²) in [6, 6.07) is 0. The van der Waals surface area contributed by atoms with Crippen LogP contribution in [0.15, 0.2) is 0 Å². The minimum Gasteiger partial charge on any atom is -0.245 e. The monoisotopic (exact) mass is 136 g/mol. The van der Waals surface area contributed by atoms with Crippen LogP contribution in [0.2, 0.25) is 0 Å². The summed E-state index contributed by atoms with van der Waals surface area (Å²) in [6.07, 6.45) is 0. The van der Waals surface area contributed by atoms with Gasteiger partial charge in [-0.2, -0.15) is 8.42 Å². The maximum atomic E-state index is 10.3. The molecule has 1 atom stereocenters. The molecule has 0 aromatic rings. The molecule has 0 radical (unpaired) electrons. The Morgan fingerprint density at radius 3 is 1.88 bits per heavy atom. The Balaban J connectivity index is 2.62. The van der Waals surface area contributed by atoms with Crippen LogP contribution in [0, 0.1) is 5.92 Å². The van der Waals surface area contributed by atoms with Crippen molar-refractivity contribution in [2.45, 2.75) is 19.3 Å². The van der Waals surface area contributed by atoms with Gasteiger partial charge < -0.3 is 0 Å². The van der Waals surface area contributed by atoms with Gasteiger partial charge in [0.05, 0.1) is 0 Å². The standard InChI is InChI=1S/C4H8O3S/c1-3(2)4-7-8(4,5)6/h3-4H,1-2H3. The van der Waals surface area contributed by atoms with Crippen molar-refractivity contribution in [3.05, 3.63) is 0 Å². The number of hydrogen-bond donors (Lipinski definition) is 0. The average Bonchev–Trinajstić information content (AvgIpc) is 2.13. The SMILES string of the molecule is CC(C)C1OS1(=O)=O. The number of hydrogen-bond acceptors (Lipinski definition) is 3. The summed E-state index contributed by atoms with van der Waals surface area (Å²) in [4.78, 5) is 0. The molecule has 8 heavy (non-hydrogen) atoms. The topological polar surface area (TPSA) is 46.7 Å². The largest absolute Gasteiger partial charge is 0.297 e. The van der Waals surface area contributed by atoms with Crippen molar-refractivity contribution in [3.63, 3.8) is 0 Å². The minimum absolute atomic E-state index is 0.0972. The third kappa shape index (κ3) is 0.855. The first-order chi connectivity index (χ1) is 3.54. The zero-order chi connectivity index (χ0) is 6.36. The van der Waals surface area contributed by atoms with E-state index in [9.17, 15) is 8.42 Å². The van der Waals surface area contributed by atoms with Crippen LogP contribution in [0.3, 0.4) is 0 Å². The molecule has 48 valence electrons. The lowest BCUT2D eigenvalue weighted by molar-refractivity contribution is 0.375. The second-order valence-electron chi connectivity index (χ2n) is 2.20. The lowest BCUT2D eigenvalue weighted by Crippen LogP contribution is -1.97. The van der Waals surface area contributed by atoms with Crippen molar-refractivity contribution in [1.29, 1.82) is 0 Å². The maximum Gasteiger partial charge on any atom is 0.297 e. The van der Waals surface area contributed by atoms with E-state index in [1.165, 1.54) is 0 Å². The Hall–Kier alpha value is -0.0900. The molecule has 1 saturated heterocycles. The number of rotatable bonds is 1. The molecule has 1 heterocycles. The van der Waals surface area contributed by atoms with Crippen molar-refractivity contribution < 1.29 is 12.6 Å². The Morgan fingerprint density at radius 1 is 1.50 bits per heavy atom. The maximum absolute atomic E-state index is 10.3. The zero-order valence-corrected chi connectivity index (χ0v) is 5.60. The van der Waals surface area contributed by atoms with Crippen LogP contribution < -0.4 is 0 Å². The van der Waals surface area contributed by atoms with Crippen LogP contribution >= 0.6 is 0 Å². The molecule has 0 aromatic carbocycles. The quantitative estimate of drug-likeness (QED) is 0.488. The second kappa shape index (κ2) is 1.45. The zero-order valence-electron chi connectivity index (χ0n) is 4.79. The van der Waals surface area contributed by atoms with Gasteiger partial charge >= 0.3 is 0 Å². The highest BCUT2D eigenvalue weighted by molar-refractivity contribution is 7.92. The van der Waals surface area contributed by atoms with Gasteiger partial charge in [0.2, 0.25) is 5.44 Å². The first-order valence-corrected chi connectivity index (χ1v) is 3.93. The fourth-order valence-electron chi connectivity index (χ4n) is 0.554. The van der Waals surface area contributed by atoms with E-state index >= 15 is 0 Å². The highest BCUT2D eigenvalue weighted by atomic mass is 32.2. The van der Waals surface area contributed by atoms with Gasteiger partial charge in [-0.05, 0) is 5.92 Å². The van der Waals surface area contributed by atoms with Gasteiger partial charge in [-0.25, -0.2) is 4.18 Å². The highest BCUT2D eigenvalue weighted by Gasteiger charge is 2.48. The van der Waals surface area contributed by atoms with Gasteiger partial charge in [-0.1, -0.05) is 13.8 Å². The average molecular weight is 136 g/mol. The van der Waals surface area contributed by atoms with E-state index in [1.54, 1.807) is 0 Å². The van der Waals surface area contributed by atoms with E-state index in [2.05, 4.69) is 4.18 Å². The molecule has 1 aliphatic rings. The van der Waals surface area contributed by atoms with Crippen LogP contribution in [0.5, 0.6) is 0 Å². The summed E-state index contributed by atoms with van der Waals surface area (Å²) < 4.78 is 24.9. The first-order valence-electron chi connectivity index (χ1n) is 2.46. The van der Waals surface area contributed by atoms with Crippen LogP contribution in [-0.4, -0.2) is 13.9 Å². The van der Waals surface area contributed by atoms with E-state index in [-0.39, 0.29) is 5.92 Å². The van der Waals surface area contributed by atoms with E-state index < -0.39 is 15.6 Å². The third-order valence-electron chi connectivity index (χ3n) is 1.02. The van der Waals surface area contributed by atoms with Crippen molar-refractivity contribution in [1.82, 2.24) is 0 Å². The third-order valence-corrected chi connectivity index (χ3v) is 2.52. The van der Waals surface area contributed by atoms with Crippen molar-refractivity contribution in [3.8, 4) is 0 Å². The van der Waals surface area contributed by atoms with E-state index in [0.29, 0.717) is 0 Å². The molecule has 3 nitrogen and oxygen atoms in total. The molecule has 0 aliphatic carbocycles. The summed E-state index contributed by atoms with van der Waals surface area (Å²) >= 11 is 0. The normalized spacial score (nSPS) is 33.1. The van der Waals surface area contributed by atoms with Crippen LogP contribution in [-0.2, 0) is 14.3 Å². The van der Waals surface area contributed by atoms with Gasteiger partial charge in [0.25, 0.3) is 10.1 Å². The summed E-state index contributed by atoms with van der Waals surface area (Å²) in [5.74, 6) is 0.0972. The molecule has 0 aromatic heterocycles. The fraction of sp³-hybridized carbons (Fsp3) is 1.00. The predicted molar refractivity (Wildman–Crippen MR) is 28.6 cm³/mol. The van der Waals surface area contributed by atoms with Crippen LogP contribution in [0.1, 0.15) is 13.8 Å². The fourth-order valence-corrected chi connectivity index (χ4v) is 1.85. The summed E-state index contributed by atoms with van der Waals surface area (Å²) in [5, 5.41) is 0. The molecule has 1 fully saturated rings. The molecule has 4 heteroatoms. The minimum atomic E-state index is -3.06. The van der Waals surface area contributed by atoms with Gasteiger partial charge in [-0.3, -0.25) is 0 Å². The van der Waals surface area contributed by atoms with Crippen molar-refractivity contribution in [2.24, 2.45) is 5.92 Å². The smallest absolute Gasteiger partial charge is 0.245 e. The van der Waals surface area contributed by atoms with Gasteiger partial charge in [0.15, 0.2) is 0 Å². The summed E-state index contributed by atoms with van der Waals surface area (Å²) in [6.45, 7) is 3.63. The van der Waals surface area contributed by atoms with Gasteiger partial charge in [0, 0.05) is 0 Å². The van der Waals surface area contributed by atoms with Crippen molar-refractivity contribution in [2.75, 3.05) is 0 Å². The molecule has 0 bridgehead atoms. The Kier molecular flexibility index (Phi) is 1.09. The Morgan fingerprint density at radius 2 is 1.88 bits per heavy atom. The first kappa shape index (κ1) is 6.04. The summed E-state index contributed by atoms with van der Waals surface area (Å²) in [5.41, 5.74) is -0.512. The van der Waals surface area contributed by atoms with Gasteiger partial charge in [0.1, 0.15) is 0 Å². The molecule has 0 N–H and O–H groups in total. The van der Waals surface area contributed by atoms with Crippen molar-refractivity contribution >= 4 is 10.1 Å². The molecule has 0 spiro atoms. The molecule has 0 saturated carbocycles. The summed E-state index contributed by atoms with van der Waals surface area (Å²) in [7, 11) is -3.06. The van der Waals surface area contributed by atoms with Gasteiger partial charge in [-0.15, -0.1) is 0 Å². The second-order valence-corrected chi connectivity index (χ2v) is 3.84. The van der Waals surface area contributed by atoms with E-state index in [1.807, 2.05) is 13.8 Å². The molecule has 0 amide bonds. The molecule has 1 unspecified atom stereocenters.